The molecule has 0 heterocycles. The van der Waals surface area contributed by atoms with Crippen LogP contribution in [0.2, 0.25) is 0 Å². The molecule has 0 aliphatic rings. The lowest BCUT2D eigenvalue weighted by Gasteiger charge is -2.12. The lowest BCUT2D eigenvalue weighted by molar-refractivity contribution is 0.0405. The van der Waals surface area contributed by atoms with Crippen LogP contribution in [-0.2, 0) is 9.47 Å². The van der Waals surface area contributed by atoms with Gasteiger partial charge in [-0.15, -0.1) is 0 Å². The molecule has 0 amide bonds. The van der Waals surface area contributed by atoms with Crippen molar-refractivity contribution in [3.8, 4) is 22.9 Å². The van der Waals surface area contributed by atoms with Crippen molar-refractivity contribution in [2.45, 2.75) is 6.92 Å². The SMILES string of the molecule is CCOCCOCCOc1ccccc1-c1ccc(C#N)cc1. The van der Waals surface area contributed by atoms with Crippen molar-refractivity contribution in [2.75, 3.05) is 33.0 Å². The van der Waals surface area contributed by atoms with Crippen molar-refractivity contribution in [1.82, 2.24) is 0 Å². The highest BCUT2D eigenvalue weighted by Crippen LogP contribution is 2.29. The van der Waals surface area contributed by atoms with Crippen LogP contribution in [0.4, 0.5) is 0 Å². The average molecular weight is 311 g/mol. The smallest absolute Gasteiger partial charge is 0.127 e. The van der Waals surface area contributed by atoms with E-state index in [0.717, 1.165) is 16.9 Å². The number of benzene rings is 2. The Balaban J connectivity index is 1.91. The van der Waals surface area contributed by atoms with Crippen LogP contribution in [-0.4, -0.2) is 33.0 Å². The van der Waals surface area contributed by atoms with Gasteiger partial charge in [0.25, 0.3) is 0 Å². The van der Waals surface area contributed by atoms with Crippen LogP contribution >= 0.6 is 0 Å². The van der Waals surface area contributed by atoms with Gasteiger partial charge in [0, 0.05) is 12.2 Å². The van der Waals surface area contributed by atoms with Crippen LogP contribution < -0.4 is 4.74 Å². The summed E-state index contributed by atoms with van der Waals surface area (Å²) in [5, 5.41) is 8.88. The maximum atomic E-state index is 8.88. The molecule has 0 radical (unpaired) electrons. The molecule has 2 rings (SSSR count). The first-order chi connectivity index (χ1) is 11.3. The minimum atomic E-state index is 0.486. The summed E-state index contributed by atoms with van der Waals surface area (Å²) in [6.45, 7) is 4.86. The van der Waals surface area contributed by atoms with Crippen LogP contribution in [0.1, 0.15) is 12.5 Å². The molecule has 0 unspecified atom stereocenters. The van der Waals surface area contributed by atoms with E-state index in [1.807, 2.05) is 55.5 Å². The minimum absolute atomic E-state index is 0.486. The van der Waals surface area contributed by atoms with Gasteiger partial charge in [0.15, 0.2) is 0 Å². The van der Waals surface area contributed by atoms with Crippen LogP contribution in [0.5, 0.6) is 5.75 Å². The monoisotopic (exact) mass is 311 g/mol. The van der Waals surface area contributed by atoms with Crippen molar-refractivity contribution in [3.05, 3.63) is 54.1 Å². The predicted octanol–water partition coefficient (Wildman–Crippen LogP) is 3.66. The fraction of sp³-hybridized carbons (Fsp3) is 0.316. The second-order valence-electron chi connectivity index (χ2n) is 4.84. The Kier molecular flexibility index (Phi) is 7.12. The first-order valence-corrected chi connectivity index (χ1v) is 7.73. The van der Waals surface area contributed by atoms with E-state index in [2.05, 4.69) is 6.07 Å². The van der Waals surface area contributed by atoms with Gasteiger partial charge in [0.2, 0.25) is 0 Å². The van der Waals surface area contributed by atoms with E-state index in [9.17, 15) is 0 Å². The fourth-order valence-corrected chi connectivity index (χ4v) is 2.13. The summed E-state index contributed by atoms with van der Waals surface area (Å²) in [6, 6.07) is 17.5. The zero-order valence-corrected chi connectivity index (χ0v) is 13.3. The number of hydrogen-bond acceptors (Lipinski definition) is 4. The highest BCUT2D eigenvalue weighted by atomic mass is 16.5. The van der Waals surface area contributed by atoms with Crippen LogP contribution in [0, 0.1) is 11.3 Å². The van der Waals surface area contributed by atoms with Gasteiger partial charge in [0.05, 0.1) is 31.5 Å². The molecule has 2 aromatic carbocycles. The molecule has 4 nitrogen and oxygen atoms in total. The summed E-state index contributed by atoms with van der Waals surface area (Å²) in [7, 11) is 0. The van der Waals surface area contributed by atoms with E-state index in [4.69, 9.17) is 19.5 Å². The van der Waals surface area contributed by atoms with Crippen molar-refractivity contribution in [3.63, 3.8) is 0 Å². The van der Waals surface area contributed by atoms with E-state index < -0.39 is 0 Å². The van der Waals surface area contributed by atoms with Crippen LogP contribution in [0.3, 0.4) is 0 Å². The second kappa shape index (κ2) is 9.62. The van der Waals surface area contributed by atoms with E-state index in [1.54, 1.807) is 0 Å². The molecular weight excluding hydrogens is 290 g/mol. The standard InChI is InChI=1S/C19H21NO3/c1-2-21-11-12-22-13-14-23-19-6-4-3-5-18(19)17-9-7-16(15-20)8-10-17/h3-10H,2,11-14H2,1H3. The molecule has 0 N–H and O–H groups in total. The Bertz CT molecular complexity index is 632. The van der Waals surface area contributed by atoms with Crippen LogP contribution in [0.25, 0.3) is 11.1 Å². The normalized spacial score (nSPS) is 10.3. The predicted molar refractivity (Wildman–Crippen MR) is 89.4 cm³/mol. The van der Waals surface area contributed by atoms with Gasteiger partial charge in [-0.2, -0.15) is 5.26 Å². The van der Waals surface area contributed by atoms with E-state index in [1.165, 1.54) is 0 Å². The minimum Gasteiger partial charge on any atom is -0.491 e. The molecule has 0 saturated heterocycles. The van der Waals surface area contributed by atoms with Gasteiger partial charge in [-0.3, -0.25) is 0 Å². The third-order valence-electron chi connectivity index (χ3n) is 3.27. The number of rotatable bonds is 9. The average Bonchev–Trinajstić information content (AvgIpc) is 2.61. The highest BCUT2D eigenvalue weighted by molar-refractivity contribution is 5.70. The van der Waals surface area contributed by atoms with Crippen molar-refractivity contribution >= 4 is 0 Å². The summed E-state index contributed by atoms with van der Waals surface area (Å²) in [4.78, 5) is 0. The summed E-state index contributed by atoms with van der Waals surface area (Å²) >= 11 is 0. The molecule has 0 bridgehead atoms. The molecule has 23 heavy (non-hydrogen) atoms. The Morgan fingerprint density at radius 2 is 1.57 bits per heavy atom. The maximum absolute atomic E-state index is 8.88. The summed E-state index contributed by atoms with van der Waals surface area (Å²) < 4.78 is 16.5. The molecule has 0 atom stereocenters. The Morgan fingerprint density at radius 3 is 2.30 bits per heavy atom. The van der Waals surface area contributed by atoms with Gasteiger partial charge in [0.1, 0.15) is 12.4 Å². The highest BCUT2D eigenvalue weighted by Gasteiger charge is 2.05. The van der Waals surface area contributed by atoms with Crippen molar-refractivity contribution < 1.29 is 14.2 Å². The number of ether oxygens (including phenoxy) is 3. The molecule has 0 aromatic heterocycles. The third-order valence-corrected chi connectivity index (χ3v) is 3.27. The molecule has 0 spiro atoms. The molecule has 120 valence electrons. The lowest BCUT2D eigenvalue weighted by atomic mass is 10.0. The summed E-state index contributed by atoms with van der Waals surface area (Å²) in [6.07, 6.45) is 0. The first-order valence-electron chi connectivity index (χ1n) is 7.73. The Hall–Kier alpha value is -2.35. The van der Waals surface area contributed by atoms with E-state index in [0.29, 0.717) is 38.6 Å². The first kappa shape index (κ1) is 17.0. The van der Waals surface area contributed by atoms with E-state index in [-0.39, 0.29) is 0 Å². The van der Waals surface area contributed by atoms with Crippen LogP contribution in [0.15, 0.2) is 48.5 Å². The van der Waals surface area contributed by atoms with Gasteiger partial charge < -0.3 is 14.2 Å². The molecular formula is C19H21NO3. The topological polar surface area (TPSA) is 51.5 Å². The zero-order valence-electron chi connectivity index (χ0n) is 13.3. The number of nitrogens with zero attached hydrogens (tertiary/aromatic N) is 1. The lowest BCUT2D eigenvalue weighted by Crippen LogP contribution is -2.11. The Morgan fingerprint density at radius 1 is 0.870 bits per heavy atom. The van der Waals surface area contributed by atoms with Crippen molar-refractivity contribution in [1.29, 1.82) is 5.26 Å². The second-order valence-corrected chi connectivity index (χ2v) is 4.84. The van der Waals surface area contributed by atoms with Gasteiger partial charge in [-0.25, -0.2) is 0 Å². The van der Waals surface area contributed by atoms with Gasteiger partial charge >= 0.3 is 0 Å². The quantitative estimate of drug-likeness (QED) is 0.663. The molecule has 2 aromatic rings. The van der Waals surface area contributed by atoms with Gasteiger partial charge in [-0.05, 0) is 30.7 Å². The number of hydrogen-bond donors (Lipinski definition) is 0. The molecule has 4 heteroatoms. The van der Waals surface area contributed by atoms with Crippen molar-refractivity contribution in [2.24, 2.45) is 0 Å². The fourth-order valence-electron chi connectivity index (χ4n) is 2.13. The number of nitriles is 1. The third kappa shape index (κ3) is 5.41. The maximum Gasteiger partial charge on any atom is 0.127 e. The molecule has 0 saturated carbocycles. The molecule has 0 aliphatic carbocycles. The molecule has 0 aliphatic heterocycles. The largest absolute Gasteiger partial charge is 0.491 e. The number of para-hydroxylation sites is 1. The van der Waals surface area contributed by atoms with E-state index >= 15 is 0 Å². The zero-order chi connectivity index (χ0) is 16.3. The summed E-state index contributed by atoms with van der Waals surface area (Å²) in [5.74, 6) is 0.811. The Labute approximate surface area is 137 Å². The summed E-state index contributed by atoms with van der Waals surface area (Å²) in [5.41, 5.74) is 2.68. The van der Waals surface area contributed by atoms with Gasteiger partial charge in [-0.1, -0.05) is 30.3 Å². The molecule has 0 fully saturated rings.